The van der Waals surface area contributed by atoms with Gasteiger partial charge < -0.3 is 4.90 Å². The van der Waals surface area contributed by atoms with Crippen LogP contribution in [0.25, 0.3) is 0 Å². The Kier molecular flexibility index (Phi) is 4.94. The topological polar surface area (TPSA) is 3.24 Å². The van der Waals surface area contributed by atoms with E-state index in [1.54, 1.807) is 0 Å². The molecule has 0 radical (unpaired) electrons. The lowest BCUT2D eigenvalue weighted by molar-refractivity contribution is 0.555. The minimum atomic E-state index is 0.615. The summed E-state index contributed by atoms with van der Waals surface area (Å²) in [5, 5.41) is 0. The van der Waals surface area contributed by atoms with E-state index >= 15 is 0 Å². The molecule has 1 atom stereocenters. The van der Waals surface area contributed by atoms with Gasteiger partial charge in [-0.2, -0.15) is 0 Å². The van der Waals surface area contributed by atoms with Gasteiger partial charge in [-0.15, -0.1) is 11.6 Å². The van der Waals surface area contributed by atoms with Gasteiger partial charge in [-0.25, -0.2) is 0 Å². The molecule has 1 fully saturated rings. The third kappa shape index (κ3) is 3.00. The van der Waals surface area contributed by atoms with Gasteiger partial charge in [0, 0.05) is 24.2 Å². The second-order valence-electron chi connectivity index (χ2n) is 5.37. The number of anilines is 1. The number of rotatable bonds is 3. The van der Waals surface area contributed by atoms with E-state index in [9.17, 15) is 0 Å². The van der Waals surface area contributed by atoms with Crippen LogP contribution in [0.2, 0.25) is 0 Å². The summed E-state index contributed by atoms with van der Waals surface area (Å²) in [5.74, 6) is 0.615. The van der Waals surface area contributed by atoms with E-state index in [1.807, 2.05) is 0 Å². The van der Waals surface area contributed by atoms with Gasteiger partial charge in [0.15, 0.2) is 0 Å². The zero-order chi connectivity index (χ0) is 13.0. The first-order chi connectivity index (χ1) is 8.76. The molecule has 1 saturated heterocycles. The first-order valence-corrected chi connectivity index (χ1v) is 7.72. The number of nitrogens with zero attached hydrogens (tertiary/aromatic N) is 1. The fourth-order valence-electron chi connectivity index (χ4n) is 3.02. The molecular formula is C16H24ClN. The molecule has 1 aromatic rings. The summed E-state index contributed by atoms with van der Waals surface area (Å²) in [6, 6.07) is 7.40. The number of hydrogen-bond acceptors (Lipinski definition) is 1. The van der Waals surface area contributed by atoms with Crippen molar-refractivity contribution in [2.75, 3.05) is 11.4 Å². The average molecular weight is 266 g/mol. The molecule has 0 amide bonds. The molecule has 0 aromatic heterocycles. The summed E-state index contributed by atoms with van der Waals surface area (Å²) in [6.07, 6.45) is 6.61. The molecule has 100 valence electrons. The first-order valence-electron chi connectivity index (χ1n) is 7.18. The van der Waals surface area contributed by atoms with Gasteiger partial charge in [0.1, 0.15) is 0 Å². The Morgan fingerprint density at radius 1 is 1.28 bits per heavy atom. The van der Waals surface area contributed by atoms with Crippen LogP contribution in [0, 0.1) is 6.92 Å². The molecule has 18 heavy (non-hydrogen) atoms. The van der Waals surface area contributed by atoms with Gasteiger partial charge in [0.2, 0.25) is 0 Å². The Balaban J connectivity index is 2.32. The molecule has 2 rings (SSSR count). The predicted octanol–water partition coefficient (Wildman–Crippen LogP) is 4.89. The van der Waals surface area contributed by atoms with Gasteiger partial charge in [0.25, 0.3) is 0 Å². The van der Waals surface area contributed by atoms with Crippen LogP contribution in [0.4, 0.5) is 5.69 Å². The van der Waals surface area contributed by atoms with Gasteiger partial charge in [-0.05, 0) is 37.8 Å². The maximum Gasteiger partial charge on any atom is 0.0494 e. The van der Waals surface area contributed by atoms with E-state index in [0.717, 1.165) is 0 Å². The lowest BCUT2D eigenvalue weighted by atomic mass is 10.0. The monoisotopic (exact) mass is 265 g/mol. The van der Waals surface area contributed by atoms with Crippen molar-refractivity contribution in [2.24, 2.45) is 0 Å². The summed E-state index contributed by atoms with van der Waals surface area (Å²) < 4.78 is 0. The van der Waals surface area contributed by atoms with Crippen LogP contribution in [0.5, 0.6) is 0 Å². The van der Waals surface area contributed by atoms with Crippen LogP contribution >= 0.6 is 11.6 Å². The van der Waals surface area contributed by atoms with Crippen LogP contribution in [-0.4, -0.2) is 12.6 Å². The lowest BCUT2D eigenvalue weighted by Crippen LogP contribution is -2.35. The molecule has 0 N–H and O–H groups in total. The molecule has 1 unspecified atom stereocenters. The van der Waals surface area contributed by atoms with Crippen LogP contribution in [0.1, 0.15) is 50.2 Å². The highest BCUT2D eigenvalue weighted by atomic mass is 35.5. The third-order valence-electron chi connectivity index (χ3n) is 4.04. The highest BCUT2D eigenvalue weighted by Crippen LogP contribution is 2.30. The number of halogens is 1. The van der Waals surface area contributed by atoms with Crippen molar-refractivity contribution in [3.05, 3.63) is 29.3 Å². The Hall–Kier alpha value is -0.690. The fourth-order valence-corrected chi connectivity index (χ4v) is 3.23. The van der Waals surface area contributed by atoms with Crippen molar-refractivity contribution in [3.8, 4) is 0 Å². The molecule has 0 bridgehead atoms. The number of hydrogen-bond donors (Lipinski definition) is 0. The van der Waals surface area contributed by atoms with E-state index in [0.29, 0.717) is 11.9 Å². The lowest BCUT2D eigenvalue weighted by Gasteiger charge is -2.33. The van der Waals surface area contributed by atoms with Crippen molar-refractivity contribution in [2.45, 2.75) is 57.9 Å². The SMILES string of the molecule is CCC1CCCCCN1c1ccc(C)cc1CCl. The minimum Gasteiger partial charge on any atom is -0.368 e. The summed E-state index contributed by atoms with van der Waals surface area (Å²) >= 11 is 6.13. The maximum atomic E-state index is 6.13. The molecule has 0 spiro atoms. The quantitative estimate of drug-likeness (QED) is 0.703. The Morgan fingerprint density at radius 2 is 2.11 bits per heavy atom. The standard InChI is InChI=1S/C16H24ClN/c1-3-15-7-5-4-6-10-18(15)16-9-8-13(2)11-14(16)12-17/h8-9,11,15H,3-7,10,12H2,1-2H3. The van der Waals surface area contributed by atoms with E-state index < -0.39 is 0 Å². The smallest absolute Gasteiger partial charge is 0.0494 e. The Morgan fingerprint density at radius 3 is 2.83 bits per heavy atom. The maximum absolute atomic E-state index is 6.13. The summed E-state index contributed by atoms with van der Waals surface area (Å²) in [5.41, 5.74) is 3.96. The minimum absolute atomic E-state index is 0.615. The second-order valence-corrected chi connectivity index (χ2v) is 5.64. The molecule has 1 aliphatic heterocycles. The summed E-state index contributed by atoms with van der Waals surface area (Å²) in [7, 11) is 0. The van der Waals surface area contributed by atoms with Gasteiger partial charge in [-0.1, -0.05) is 37.5 Å². The molecule has 1 nitrogen and oxygen atoms in total. The fraction of sp³-hybridized carbons (Fsp3) is 0.625. The van der Waals surface area contributed by atoms with E-state index in [-0.39, 0.29) is 0 Å². The van der Waals surface area contributed by atoms with Crippen LogP contribution < -0.4 is 4.90 Å². The number of benzene rings is 1. The van der Waals surface area contributed by atoms with E-state index in [1.165, 1.54) is 55.5 Å². The van der Waals surface area contributed by atoms with E-state index in [4.69, 9.17) is 11.6 Å². The van der Waals surface area contributed by atoms with Crippen molar-refractivity contribution in [3.63, 3.8) is 0 Å². The molecule has 0 saturated carbocycles. The molecule has 1 aliphatic rings. The van der Waals surface area contributed by atoms with Crippen LogP contribution in [0.3, 0.4) is 0 Å². The predicted molar refractivity (Wildman–Crippen MR) is 80.6 cm³/mol. The van der Waals surface area contributed by atoms with Crippen molar-refractivity contribution in [1.82, 2.24) is 0 Å². The molecule has 2 heteroatoms. The molecule has 1 heterocycles. The van der Waals surface area contributed by atoms with Crippen molar-refractivity contribution in [1.29, 1.82) is 0 Å². The Labute approximate surface area is 116 Å². The molecule has 1 aromatic carbocycles. The van der Waals surface area contributed by atoms with Gasteiger partial charge >= 0.3 is 0 Å². The first kappa shape index (κ1) is 13.7. The second kappa shape index (κ2) is 6.47. The highest BCUT2D eigenvalue weighted by molar-refractivity contribution is 6.17. The number of aryl methyl sites for hydroxylation is 1. The van der Waals surface area contributed by atoms with Gasteiger partial charge in [-0.3, -0.25) is 0 Å². The average Bonchev–Trinajstić information content (AvgIpc) is 2.63. The normalized spacial score (nSPS) is 20.8. The van der Waals surface area contributed by atoms with Crippen molar-refractivity contribution < 1.29 is 0 Å². The van der Waals surface area contributed by atoms with E-state index in [2.05, 4.69) is 36.9 Å². The van der Waals surface area contributed by atoms with Crippen LogP contribution in [0.15, 0.2) is 18.2 Å². The van der Waals surface area contributed by atoms with Crippen LogP contribution in [-0.2, 0) is 5.88 Å². The summed E-state index contributed by atoms with van der Waals surface area (Å²) in [6.45, 7) is 5.63. The zero-order valence-corrected chi connectivity index (χ0v) is 12.3. The van der Waals surface area contributed by atoms with Crippen molar-refractivity contribution >= 4 is 17.3 Å². The molecule has 0 aliphatic carbocycles. The summed E-state index contributed by atoms with van der Waals surface area (Å²) in [4.78, 5) is 2.60. The molecular weight excluding hydrogens is 242 g/mol. The number of alkyl halides is 1. The van der Waals surface area contributed by atoms with Gasteiger partial charge in [0.05, 0.1) is 0 Å². The third-order valence-corrected chi connectivity index (χ3v) is 4.32. The highest BCUT2D eigenvalue weighted by Gasteiger charge is 2.21. The Bertz CT molecular complexity index is 389. The largest absolute Gasteiger partial charge is 0.368 e. The zero-order valence-electron chi connectivity index (χ0n) is 11.6.